The Hall–Kier alpha value is -2.68. The number of methoxy groups -OCH3 is 1. The molecule has 4 aromatic rings. The Labute approximate surface area is 193 Å². The number of ether oxygens (including phenoxy) is 1. The first-order chi connectivity index (χ1) is 15.1. The van der Waals surface area contributed by atoms with E-state index >= 15 is 0 Å². The van der Waals surface area contributed by atoms with Crippen LogP contribution in [0.1, 0.15) is 21.7 Å². The van der Waals surface area contributed by atoms with Crippen LogP contribution in [0.3, 0.4) is 0 Å². The number of hydrogen-bond acceptors (Lipinski definition) is 5. The van der Waals surface area contributed by atoms with Crippen molar-refractivity contribution >= 4 is 55.8 Å². The molecular formula is C23H23BrN4O2S. The Morgan fingerprint density at radius 2 is 2.00 bits per heavy atom. The van der Waals surface area contributed by atoms with E-state index in [9.17, 15) is 4.79 Å². The molecule has 0 saturated carbocycles. The van der Waals surface area contributed by atoms with Gasteiger partial charge in [-0.05, 0) is 64.3 Å². The molecule has 0 aliphatic heterocycles. The molecule has 31 heavy (non-hydrogen) atoms. The highest BCUT2D eigenvalue weighted by atomic mass is 79.9. The van der Waals surface area contributed by atoms with Crippen molar-refractivity contribution in [2.45, 2.75) is 19.5 Å². The van der Waals surface area contributed by atoms with E-state index in [0.29, 0.717) is 30.5 Å². The van der Waals surface area contributed by atoms with Crippen LogP contribution in [-0.2, 0) is 17.8 Å². The predicted octanol–water partition coefficient (Wildman–Crippen LogP) is 5.76. The number of aromatic nitrogens is 2. The average molecular weight is 499 g/mol. The van der Waals surface area contributed by atoms with Crippen molar-refractivity contribution in [2.24, 2.45) is 0 Å². The number of carbonyl (C=O) groups excluding carboxylic acids is 1. The number of thiophene rings is 1. The van der Waals surface area contributed by atoms with Gasteiger partial charge in [-0.3, -0.25) is 10.1 Å². The van der Waals surface area contributed by atoms with Crippen molar-refractivity contribution in [3.63, 3.8) is 0 Å². The Bertz CT molecular complexity index is 1170. The zero-order valence-corrected chi connectivity index (χ0v) is 19.5. The predicted molar refractivity (Wildman–Crippen MR) is 130 cm³/mol. The topological polar surface area (TPSA) is 68.2 Å². The monoisotopic (exact) mass is 498 g/mol. The summed E-state index contributed by atoms with van der Waals surface area (Å²) in [7, 11) is 1.69. The normalized spacial score (nSPS) is 11.0. The van der Waals surface area contributed by atoms with E-state index in [1.165, 1.54) is 11.3 Å². The SMILES string of the molecule is COCCCn1c(NC(=O)c2ccc(Br)s2)nc2cc(CNc3ccccc3)ccc21. The Kier molecular flexibility index (Phi) is 7.01. The fraction of sp³-hybridized carbons (Fsp3) is 0.217. The second-order valence-corrected chi connectivity index (χ2v) is 9.50. The van der Waals surface area contributed by atoms with Gasteiger partial charge in [0.05, 0.1) is 19.7 Å². The van der Waals surface area contributed by atoms with E-state index < -0.39 is 0 Å². The van der Waals surface area contributed by atoms with Gasteiger partial charge in [-0.25, -0.2) is 4.98 Å². The summed E-state index contributed by atoms with van der Waals surface area (Å²) in [5, 5.41) is 6.40. The van der Waals surface area contributed by atoms with Crippen molar-refractivity contribution < 1.29 is 9.53 Å². The number of amides is 1. The number of fused-ring (bicyclic) bond motifs is 1. The molecule has 0 saturated heterocycles. The molecule has 0 atom stereocenters. The van der Waals surface area contributed by atoms with Gasteiger partial charge < -0.3 is 14.6 Å². The maximum Gasteiger partial charge on any atom is 0.268 e. The molecule has 0 bridgehead atoms. The maximum atomic E-state index is 12.7. The van der Waals surface area contributed by atoms with Crippen LogP contribution < -0.4 is 10.6 Å². The molecule has 0 spiro atoms. The lowest BCUT2D eigenvalue weighted by Gasteiger charge is -2.10. The third-order valence-electron chi connectivity index (χ3n) is 4.84. The quantitative estimate of drug-likeness (QED) is 0.288. The summed E-state index contributed by atoms with van der Waals surface area (Å²) in [6.45, 7) is 2.04. The molecule has 160 valence electrons. The summed E-state index contributed by atoms with van der Waals surface area (Å²) in [4.78, 5) is 18.1. The highest BCUT2D eigenvalue weighted by Crippen LogP contribution is 2.25. The van der Waals surface area contributed by atoms with Gasteiger partial charge in [-0.15, -0.1) is 11.3 Å². The number of halogens is 1. The van der Waals surface area contributed by atoms with Gasteiger partial charge >= 0.3 is 0 Å². The van der Waals surface area contributed by atoms with Crippen LogP contribution in [0.15, 0.2) is 64.5 Å². The van der Waals surface area contributed by atoms with Gasteiger partial charge in [0.2, 0.25) is 5.95 Å². The highest BCUT2D eigenvalue weighted by Gasteiger charge is 2.16. The first-order valence-corrected chi connectivity index (χ1v) is 11.6. The first kappa shape index (κ1) is 21.5. The Balaban J connectivity index is 1.58. The Morgan fingerprint density at radius 3 is 2.74 bits per heavy atom. The summed E-state index contributed by atoms with van der Waals surface area (Å²) >= 11 is 4.80. The number of carbonyl (C=O) groups is 1. The van der Waals surface area contributed by atoms with Crippen molar-refractivity contribution in [3.05, 3.63) is 74.9 Å². The van der Waals surface area contributed by atoms with Crippen LogP contribution >= 0.6 is 27.3 Å². The average Bonchev–Trinajstić information content (AvgIpc) is 3.36. The molecule has 2 aromatic carbocycles. The summed E-state index contributed by atoms with van der Waals surface area (Å²) in [5.41, 5.74) is 4.04. The zero-order valence-electron chi connectivity index (χ0n) is 17.1. The summed E-state index contributed by atoms with van der Waals surface area (Å²) in [6.07, 6.45) is 0.826. The van der Waals surface area contributed by atoms with Gasteiger partial charge in [-0.1, -0.05) is 24.3 Å². The number of aryl methyl sites for hydroxylation is 1. The number of imidazole rings is 1. The van der Waals surface area contributed by atoms with E-state index in [1.54, 1.807) is 13.2 Å². The largest absolute Gasteiger partial charge is 0.385 e. The molecule has 6 nitrogen and oxygen atoms in total. The second kappa shape index (κ2) is 10.1. The molecule has 4 rings (SSSR count). The molecule has 0 fully saturated rings. The summed E-state index contributed by atoms with van der Waals surface area (Å²) < 4.78 is 8.17. The summed E-state index contributed by atoms with van der Waals surface area (Å²) in [5.74, 6) is 0.388. The number of nitrogens with one attached hydrogen (secondary N) is 2. The number of benzene rings is 2. The molecule has 1 amide bonds. The number of anilines is 2. The molecule has 8 heteroatoms. The number of rotatable bonds is 9. The molecular weight excluding hydrogens is 476 g/mol. The molecule has 0 aliphatic rings. The third kappa shape index (κ3) is 5.33. The molecule has 2 aromatic heterocycles. The standard InChI is InChI=1S/C23H23BrN4O2S/c1-30-13-5-12-28-19-9-8-16(15-25-17-6-3-2-4-7-17)14-18(19)26-23(28)27-22(29)20-10-11-21(24)31-20/h2-4,6-11,14,25H,5,12-13,15H2,1H3,(H,26,27,29). The second-order valence-electron chi connectivity index (χ2n) is 7.03. The van der Waals surface area contributed by atoms with Gasteiger partial charge in [-0.2, -0.15) is 0 Å². The van der Waals surface area contributed by atoms with Crippen molar-refractivity contribution in [3.8, 4) is 0 Å². The van der Waals surface area contributed by atoms with E-state index in [2.05, 4.69) is 44.8 Å². The first-order valence-electron chi connectivity index (χ1n) is 9.98. The number of hydrogen-bond donors (Lipinski definition) is 2. The fourth-order valence-corrected chi connectivity index (χ4v) is 4.62. The minimum absolute atomic E-state index is 0.162. The number of nitrogens with zero attached hydrogens (tertiary/aromatic N) is 2. The molecule has 0 unspecified atom stereocenters. The van der Waals surface area contributed by atoms with E-state index in [1.807, 2.05) is 41.0 Å². The minimum atomic E-state index is -0.162. The zero-order chi connectivity index (χ0) is 21.6. The van der Waals surface area contributed by atoms with E-state index in [0.717, 1.165) is 32.5 Å². The van der Waals surface area contributed by atoms with Crippen LogP contribution in [0.4, 0.5) is 11.6 Å². The van der Waals surface area contributed by atoms with Crippen LogP contribution in [0.2, 0.25) is 0 Å². The van der Waals surface area contributed by atoms with Gasteiger partial charge in [0.15, 0.2) is 0 Å². The van der Waals surface area contributed by atoms with Crippen molar-refractivity contribution in [1.82, 2.24) is 9.55 Å². The molecule has 2 heterocycles. The highest BCUT2D eigenvalue weighted by molar-refractivity contribution is 9.11. The maximum absolute atomic E-state index is 12.7. The van der Waals surface area contributed by atoms with Crippen LogP contribution in [0, 0.1) is 0 Å². The minimum Gasteiger partial charge on any atom is -0.385 e. The third-order valence-corrected chi connectivity index (χ3v) is 6.46. The fourth-order valence-electron chi connectivity index (χ4n) is 3.33. The lowest BCUT2D eigenvalue weighted by Crippen LogP contribution is -2.15. The van der Waals surface area contributed by atoms with Gasteiger partial charge in [0, 0.05) is 32.5 Å². The van der Waals surface area contributed by atoms with Crippen LogP contribution in [0.5, 0.6) is 0 Å². The molecule has 0 aliphatic carbocycles. The lowest BCUT2D eigenvalue weighted by molar-refractivity contribution is 0.102. The van der Waals surface area contributed by atoms with Crippen molar-refractivity contribution in [2.75, 3.05) is 24.4 Å². The van der Waals surface area contributed by atoms with Crippen LogP contribution in [-0.4, -0.2) is 29.2 Å². The smallest absolute Gasteiger partial charge is 0.268 e. The molecule has 2 N–H and O–H groups in total. The molecule has 0 radical (unpaired) electrons. The van der Waals surface area contributed by atoms with Gasteiger partial charge in [0.25, 0.3) is 5.91 Å². The lowest BCUT2D eigenvalue weighted by atomic mass is 10.2. The van der Waals surface area contributed by atoms with Gasteiger partial charge in [0.1, 0.15) is 0 Å². The van der Waals surface area contributed by atoms with Crippen molar-refractivity contribution in [1.29, 1.82) is 0 Å². The van der Waals surface area contributed by atoms with E-state index in [-0.39, 0.29) is 5.91 Å². The Morgan fingerprint density at radius 1 is 1.16 bits per heavy atom. The van der Waals surface area contributed by atoms with E-state index in [4.69, 9.17) is 9.72 Å². The number of para-hydroxylation sites is 1. The summed E-state index contributed by atoms with van der Waals surface area (Å²) in [6, 6.07) is 20.0. The van der Waals surface area contributed by atoms with Crippen LogP contribution in [0.25, 0.3) is 11.0 Å².